The molecule has 0 aliphatic carbocycles. The quantitative estimate of drug-likeness (QED) is 0.528. The Labute approximate surface area is 50.1 Å². The molecule has 8 heavy (non-hydrogen) atoms. The smallest absolute Gasteiger partial charge is 0.0521 e. The molecule has 0 radical (unpaired) electrons. The van der Waals surface area contributed by atoms with Crippen LogP contribution in [0.1, 0.15) is 6.92 Å². The summed E-state index contributed by atoms with van der Waals surface area (Å²) in [6.07, 6.45) is 0. The van der Waals surface area contributed by atoms with Gasteiger partial charge in [-0.05, 0) is 24.9 Å². The van der Waals surface area contributed by atoms with E-state index in [1.165, 1.54) is 0 Å². The Balaban J connectivity index is 3.23. The Kier molecular flexibility index (Phi) is 4.23. The first-order valence-corrected chi connectivity index (χ1v) is 2.70. The van der Waals surface area contributed by atoms with Gasteiger partial charge in [-0.15, -0.1) is 0 Å². The molecule has 0 saturated carbocycles. The molecule has 0 aromatic heterocycles. The zero-order chi connectivity index (χ0) is 6.41. The van der Waals surface area contributed by atoms with Crippen LogP contribution in [0.3, 0.4) is 0 Å². The highest BCUT2D eigenvalue weighted by Crippen LogP contribution is 1.88. The fourth-order valence-corrected chi connectivity index (χ4v) is 0.295. The van der Waals surface area contributed by atoms with E-state index in [0.29, 0.717) is 12.5 Å². The van der Waals surface area contributed by atoms with Crippen LogP contribution >= 0.6 is 0 Å². The van der Waals surface area contributed by atoms with E-state index in [-0.39, 0.29) is 0 Å². The third-order valence-corrected chi connectivity index (χ3v) is 0.917. The number of nitrogens with zero attached hydrogens (tertiary/aromatic N) is 1. The maximum absolute atomic E-state index is 5.30. The molecule has 0 aliphatic rings. The van der Waals surface area contributed by atoms with Gasteiger partial charge >= 0.3 is 0 Å². The van der Waals surface area contributed by atoms with Crippen molar-refractivity contribution >= 4 is 5.87 Å². The van der Waals surface area contributed by atoms with Crippen LogP contribution in [0, 0.1) is 5.92 Å². The summed E-state index contributed by atoms with van der Waals surface area (Å²) in [4.78, 5) is 3.80. The van der Waals surface area contributed by atoms with Crippen molar-refractivity contribution in [3.63, 3.8) is 0 Å². The first kappa shape index (κ1) is 7.41. The molecule has 2 nitrogen and oxygen atoms in total. The summed E-state index contributed by atoms with van der Waals surface area (Å²) in [7, 11) is 0. The van der Waals surface area contributed by atoms with Gasteiger partial charge in [0.2, 0.25) is 0 Å². The predicted molar refractivity (Wildman–Crippen MR) is 36.1 cm³/mol. The standard InChI is InChI=1S/C6H12N2/c1-3-8-5-6(2)4-7/h6H,1,4-5,7H2,2H3. The second-order valence-electron chi connectivity index (χ2n) is 1.84. The topological polar surface area (TPSA) is 38.4 Å². The molecule has 0 fully saturated rings. The highest BCUT2D eigenvalue weighted by molar-refractivity contribution is 5.46. The molecule has 2 N–H and O–H groups in total. The number of aliphatic imine (C=N–C) groups is 1. The summed E-state index contributed by atoms with van der Waals surface area (Å²) < 4.78 is 0. The molecule has 2 heteroatoms. The molecule has 0 saturated heterocycles. The first-order valence-electron chi connectivity index (χ1n) is 2.70. The third-order valence-electron chi connectivity index (χ3n) is 0.917. The van der Waals surface area contributed by atoms with Crippen molar-refractivity contribution in [3.05, 3.63) is 6.58 Å². The molecular weight excluding hydrogens is 100 g/mol. The molecular formula is C6H12N2. The zero-order valence-corrected chi connectivity index (χ0v) is 5.22. The van der Waals surface area contributed by atoms with Crippen molar-refractivity contribution in [3.8, 4) is 0 Å². The van der Waals surface area contributed by atoms with Crippen LogP contribution in [0.2, 0.25) is 0 Å². The minimum absolute atomic E-state index is 0.462. The van der Waals surface area contributed by atoms with Crippen LogP contribution in [-0.4, -0.2) is 19.0 Å². The lowest BCUT2D eigenvalue weighted by atomic mass is 10.2. The summed E-state index contributed by atoms with van der Waals surface area (Å²) in [5.74, 6) is 2.91. The SMILES string of the molecule is C=C=NCC(C)CN. The van der Waals surface area contributed by atoms with E-state index in [4.69, 9.17) is 5.73 Å². The molecule has 0 rings (SSSR count). The zero-order valence-electron chi connectivity index (χ0n) is 5.22. The average Bonchev–Trinajstić information content (AvgIpc) is 1.83. The predicted octanol–water partition coefficient (Wildman–Crippen LogP) is 0.437. The summed E-state index contributed by atoms with van der Waals surface area (Å²) in [5.41, 5.74) is 5.30. The number of hydrogen-bond acceptors (Lipinski definition) is 2. The maximum atomic E-state index is 5.30. The molecule has 0 aliphatic heterocycles. The van der Waals surface area contributed by atoms with Gasteiger partial charge in [-0.2, -0.15) is 0 Å². The average molecular weight is 112 g/mol. The first-order chi connectivity index (χ1) is 3.81. The molecule has 0 heterocycles. The summed E-state index contributed by atoms with van der Waals surface area (Å²) >= 11 is 0. The van der Waals surface area contributed by atoms with Crippen molar-refractivity contribution in [2.24, 2.45) is 16.6 Å². The van der Waals surface area contributed by atoms with E-state index in [1.807, 2.05) is 6.92 Å². The van der Waals surface area contributed by atoms with Gasteiger partial charge in [0, 0.05) is 0 Å². The lowest BCUT2D eigenvalue weighted by molar-refractivity contribution is 0.611. The van der Waals surface area contributed by atoms with Gasteiger partial charge < -0.3 is 5.73 Å². The van der Waals surface area contributed by atoms with Crippen LogP contribution in [0.4, 0.5) is 0 Å². The van der Waals surface area contributed by atoms with Crippen molar-refractivity contribution in [2.45, 2.75) is 6.92 Å². The van der Waals surface area contributed by atoms with Gasteiger partial charge in [0.05, 0.1) is 6.54 Å². The van der Waals surface area contributed by atoms with E-state index >= 15 is 0 Å². The minimum Gasteiger partial charge on any atom is -0.330 e. The molecule has 0 bridgehead atoms. The van der Waals surface area contributed by atoms with Crippen LogP contribution < -0.4 is 5.73 Å². The molecule has 0 aromatic rings. The van der Waals surface area contributed by atoms with Gasteiger partial charge in [0.25, 0.3) is 0 Å². The van der Waals surface area contributed by atoms with Crippen LogP contribution in [0.25, 0.3) is 0 Å². The Morgan fingerprint density at radius 2 is 2.50 bits per heavy atom. The highest BCUT2D eigenvalue weighted by Gasteiger charge is 1.92. The van der Waals surface area contributed by atoms with Crippen molar-refractivity contribution in [1.82, 2.24) is 0 Å². The van der Waals surface area contributed by atoms with E-state index < -0.39 is 0 Å². The van der Waals surface area contributed by atoms with E-state index in [2.05, 4.69) is 17.4 Å². The second-order valence-corrected chi connectivity index (χ2v) is 1.84. The van der Waals surface area contributed by atoms with Crippen molar-refractivity contribution in [1.29, 1.82) is 0 Å². The Hall–Kier alpha value is -0.590. The van der Waals surface area contributed by atoms with Crippen LogP contribution in [-0.2, 0) is 0 Å². The molecule has 46 valence electrons. The Morgan fingerprint density at radius 1 is 1.88 bits per heavy atom. The Bertz CT molecular complexity index is 92.7. The van der Waals surface area contributed by atoms with Crippen LogP contribution in [0.5, 0.6) is 0 Å². The highest BCUT2D eigenvalue weighted by atomic mass is 14.7. The van der Waals surface area contributed by atoms with Crippen LogP contribution in [0.15, 0.2) is 11.6 Å². The van der Waals surface area contributed by atoms with E-state index in [1.54, 1.807) is 0 Å². The molecule has 1 atom stereocenters. The van der Waals surface area contributed by atoms with Gasteiger partial charge in [0.15, 0.2) is 0 Å². The lowest BCUT2D eigenvalue weighted by Crippen LogP contribution is -2.12. The van der Waals surface area contributed by atoms with Crippen molar-refractivity contribution < 1.29 is 0 Å². The van der Waals surface area contributed by atoms with Gasteiger partial charge in [-0.25, -0.2) is 4.99 Å². The second kappa shape index (κ2) is 4.57. The number of nitrogens with two attached hydrogens (primary N) is 1. The summed E-state index contributed by atoms with van der Waals surface area (Å²) in [5, 5.41) is 0. The fourth-order valence-electron chi connectivity index (χ4n) is 0.295. The van der Waals surface area contributed by atoms with Gasteiger partial charge in [-0.3, -0.25) is 0 Å². The summed E-state index contributed by atoms with van der Waals surface area (Å²) in [6, 6.07) is 0. The third kappa shape index (κ3) is 3.59. The van der Waals surface area contributed by atoms with Gasteiger partial charge in [0.1, 0.15) is 0 Å². The van der Waals surface area contributed by atoms with E-state index in [9.17, 15) is 0 Å². The van der Waals surface area contributed by atoms with Gasteiger partial charge in [-0.1, -0.05) is 6.92 Å². The summed E-state index contributed by atoms with van der Waals surface area (Å²) in [6.45, 7) is 6.81. The minimum atomic E-state index is 0.462. The Morgan fingerprint density at radius 3 is 2.88 bits per heavy atom. The molecule has 0 spiro atoms. The number of rotatable bonds is 3. The fraction of sp³-hybridized carbons (Fsp3) is 0.667. The molecule has 0 aromatic carbocycles. The normalized spacial score (nSPS) is 12.2. The number of hydrogen-bond donors (Lipinski definition) is 1. The maximum Gasteiger partial charge on any atom is 0.0521 e. The molecule has 1 unspecified atom stereocenters. The monoisotopic (exact) mass is 112 g/mol. The van der Waals surface area contributed by atoms with E-state index in [0.717, 1.165) is 6.54 Å². The lowest BCUT2D eigenvalue weighted by Gasteiger charge is -1.99. The van der Waals surface area contributed by atoms with Crippen molar-refractivity contribution in [2.75, 3.05) is 13.1 Å². The largest absolute Gasteiger partial charge is 0.330 e. The molecule has 0 amide bonds.